The first-order valence-corrected chi connectivity index (χ1v) is 11.4. The number of fused-ring (bicyclic) bond motifs is 1. The Hall–Kier alpha value is -2.50. The number of hydrogen-bond donors (Lipinski definition) is 0. The SMILES string of the molecule is Clc1ccc(-c2ncc3c(n2)CCN(Cc2ccc(-c4ccc(Cl)c(Cl)c4)nc2)C3)cc1. The molecule has 4 aromatic rings. The van der Waals surface area contributed by atoms with Crippen LogP contribution in [0.15, 0.2) is 67.0 Å². The van der Waals surface area contributed by atoms with E-state index in [0.29, 0.717) is 15.1 Å². The molecule has 2 aromatic carbocycles. The molecule has 0 radical (unpaired) electrons. The lowest BCUT2D eigenvalue weighted by Crippen LogP contribution is -2.31. The Labute approximate surface area is 201 Å². The van der Waals surface area contributed by atoms with Gasteiger partial charge in [0.2, 0.25) is 0 Å². The molecule has 0 saturated carbocycles. The van der Waals surface area contributed by atoms with Crippen molar-refractivity contribution in [2.24, 2.45) is 0 Å². The van der Waals surface area contributed by atoms with E-state index >= 15 is 0 Å². The van der Waals surface area contributed by atoms with Crippen LogP contribution in [0.1, 0.15) is 16.8 Å². The Balaban J connectivity index is 1.27. The Morgan fingerprint density at radius 3 is 2.38 bits per heavy atom. The number of aromatic nitrogens is 3. The summed E-state index contributed by atoms with van der Waals surface area (Å²) in [7, 11) is 0. The van der Waals surface area contributed by atoms with Crippen LogP contribution in [0.3, 0.4) is 0 Å². The van der Waals surface area contributed by atoms with Crippen molar-refractivity contribution >= 4 is 34.8 Å². The largest absolute Gasteiger partial charge is 0.294 e. The Morgan fingerprint density at radius 1 is 0.812 bits per heavy atom. The zero-order valence-electron chi connectivity index (χ0n) is 17.1. The normalized spacial score (nSPS) is 13.7. The topological polar surface area (TPSA) is 41.9 Å². The highest BCUT2D eigenvalue weighted by Gasteiger charge is 2.19. The van der Waals surface area contributed by atoms with Crippen molar-refractivity contribution in [3.8, 4) is 22.6 Å². The van der Waals surface area contributed by atoms with Crippen LogP contribution in [0.5, 0.6) is 0 Å². The van der Waals surface area contributed by atoms with Crippen molar-refractivity contribution in [2.45, 2.75) is 19.5 Å². The minimum atomic E-state index is 0.531. The second kappa shape index (κ2) is 9.16. The van der Waals surface area contributed by atoms with Gasteiger partial charge in [-0.25, -0.2) is 9.97 Å². The van der Waals surface area contributed by atoms with Crippen LogP contribution in [-0.2, 0) is 19.5 Å². The third-order valence-electron chi connectivity index (χ3n) is 5.56. The van der Waals surface area contributed by atoms with Crippen LogP contribution in [-0.4, -0.2) is 26.4 Å². The highest BCUT2D eigenvalue weighted by molar-refractivity contribution is 6.42. The molecule has 2 aromatic heterocycles. The molecule has 0 fully saturated rings. The molecule has 1 aliphatic rings. The molecule has 0 spiro atoms. The lowest BCUT2D eigenvalue weighted by atomic mass is 10.1. The molecule has 0 bridgehead atoms. The predicted molar refractivity (Wildman–Crippen MR) is 130 cm³/mol. The van der Waals surface area contributed by atoms with Crippen LogP contribution in [0.25, 0.3) is 22.6 Å². The molecule has 7 heteroatoms. The first kappa shape index (κ1) is 21.4. The molecule has 3 heterocycles. The maximum atomic E-state index is 6.13. The second-order valence-electron chi connectivity index (χ2n) is 7.81. The van der Waals surface area contributed by atoms with Crippen molar-refractivity contribution in [3.05, 3.63) is 98.9 Å². The Bertz CT molecular complexity index is 1260. The summed E-state index contributed by atoms with van der Waals surface area (Å²) < 4.78 is 0. The quantitative estimate of drug-likeness (QED) is 0.324. The van der Waals surface area contributed by atoms with Gasteiger partial charge in [0.25, 0.3) is 0 Å². The molecule has 0 N–H and O–H groups in total. The monoisotopic (exact) mass is 480 g/mol. The highest BCUT2D eigenvalue weighted by atomic mass is 35.5. The van der Waals surface area contributed by atoms with Gasteiger partial charge in [-0.1, -0.05) is 46.9 Å². The number of halogens is 3. The van der Waals surface area contributed by atoms with E-state index in [4.69, 9.17) is 39.8 Å². The van der Waals surface area contributed by atoms with Crippen LogP contribution >= 0.6 is 34.8 Å². The van der Waals surface area contributed by atoms with Gasteiger partial charge in [0.05, 0.1) is 21.4 Å². The fourth-order valence-corrected chi connectivity index (χ4v) is 4.27. The van der Waals surface area contributed by atoms with E-state index in [1.54, 1.807) is 6.07 Å². The van der Waals surface area contributed by atoms with Gasteiger partial charge in [-0.2, -0.15) is 0 Å². The summed E-state index contributed by atoms with van der Waals surface area (Å²) in [6, 6.07) is 17.3. The molecule has 160 valence electrons. The zero-order valence-corrected chi connectivity index (χ0v) is 19.4. The van der Waals surface area contributed by atoms with E-state index in [0.717, 1.165) is 60.0 Å². The van der Waals surface area contributed by atoms with E-state index in [2.05, 4.69) is 20.9 Å². The van der Waals surface area contributed by atoms with Crippen molar-refractivity contribution in [1.82, 2.24) is 19.9 Å². The lowest BCUT2D eigenvalue weighted by Gasteiger charge is -2.28. The van der Waals surface area contributed by atoms with Crippen molar-refractivity contribution in [3.63, 3.8) is 0 Å². The van der Waals surface area contributed by atoms with E-state index in [9.17, 15) is 0 Å². The van der Waals surface area contributed by atoms with Gasteiger partial charge < -0.3 is 0 Å². The maximum absolute atomic E-state index is 6.13. The molecule has 0 saturated heterocycles. The smallest absolute Gasteiger partial charge is 0.159 e. The number of hydrogen-bond acceptors (Lipinski definition) is 4. The Kier molecular flexibility index (Phi) is 6.11. The van der Waals surface area contributed by atoms with Crippen molar-refractivity contribution in [2.75, 3.05) is 6.54 Å². The molecule has 32 heavy (non-hydrogen) atoms. The third kappa shape index (κ3) is 4.64. The van der Waals surface area contributed by atoms with Crippen LogP contribution in [0.2, 0.25) is 15.1 Å². The summed E-state index contributed by atoms with van der Waals surface area (Å²) in [6.45, 7) is 2.59. The summed E-state index contributed by atoms with van der Waals surface area (Å²) in [4.78, 5) is 16.4. The van der Waals surface area contributed by atoms with E-state index in [-0.39, 0.29) is 0 Å². The average molecular weight is 482 g/mol. The summed E-state index contributed by atoms with van der Waals surface area (Å²) >= 11 is 18.1. The fourth-order valence-electron chi connectivity index (χ4n) is 3.85. The van der Waals surface area contributed by atoms with Crippen LogP contribution in [0.4, 0.5) is 0 Å². The van der Waals surface area contributed by atoms with Crippen LogP contribution in [0, 0.1) is 0 Å². The Morgan fingerprint density at radius 2 is 1.62 bits per heavy atom. The lowest BCUT2D eigenvalue weighted by molar-refractivity contribution is 0.242. The average Bonchev–Trinajstić information content (AvgIpc) is 2.81. The number of benzene rings is 2. The van der Waals surface area contributed by atoms with Crippen molar-refractivity contribution < 1.29 is 0 Å². The summed E-state index contributed by atoms with van der Waals surface area (Å²) in [5.41, 5.74) is 6.26. The molecule has 1 aliphatic heterocycles. The fraction of sp³-hybridized carbons (Fsp3) is 0.160. The van der Waals surface area contributed by atoms with Crippen molar-refractivity contribution in [1.29, 1.82) is 0 Å². The van der Waals surface area contributed by atoms with Gasteiger partial charge >= 0.3 is 0 Å². The van der Waals surface area contributed by atoms with Gasteiger partial charge in [-0.05, 0) is 48.0 Å². The van der Waals surface area contributed by atoms with E-state index < -0.39 is 0 Å². The molecule has 5 rings (SSSR count). The molecule has 0 atom stereocenters. The molecule has 0 amide bonds. The number of pyridine rings is 1. The first-order chi connectivity index (χ1) is 15.5. The molecule has 0 aliphatic carbocycles. The van der Waals surface area contributed by atoms with Gasteiger partial charge in [-0.3, -0.25) is 9.88 Å². The predicted octanol–water partition coefficient (Wildman–Crippen LogP) is 6.72. The standard InChI is InChI=1S/C25H19Cl3N4/c26-20-5-2-17(3-6-20)25-30-13-19-15-32(10-9-24(19)31-25)14-16-1-8-23(29-12-16)18-4-7-21(27)22(28)11-18/h1-8,11-13H,9-10,14-15H2. The van der Waals surface area contributed by atoms with Gasteiger partial charge in [-0.15, -0.1) is 0 Å². The molecule has 0 unspecified atom stereocenters. The number of rotatable bonds is 4. The van der Waals surface area contributed by atoms with Gasteiger partial charge in [0, 0.05) is 60.2 Å². The van der Waals surface area contributed by atoms with Gasteiger partial charge in [0.15, 0.2) is 5.82 Å². The summed E-state index contributed by atoms with van der Waals surface area (Å²) in [5.74, 6) is 0.746. The molecular formula is C25H19Cl3N4. The molecular weight excluding hydrogens is 463 g/mol. The highest BCUT2D eigenvalue weighted by Crippen LogP contribution is 2.28. The van der Waals surface area contributed by atoms with Crippen LogP contribution < -0.4 is 0 Å². The zero-order chi connectivity index (χ0) is 22.1. The maximum Gasteiger partial charge on any atom is 0.159 e. The summed E-state index contributed by atoms with van der Waals surface area (Å²) in [6.07, 6.45) is 4.77. The minimum Gasteiger partial charge on any atom is -0.294 e. The molecule has 4 nitrogen and oxygen atoms in total. The van der Waals surface area contributed by atoms with E-state index in [1.807, 2.05) is 54.9 Å². The first-order valence-electron chi connectivity index (χ1n) is 10.3. The number of nitrogens with zero attached hydrogens (tertiary/aromatic N) is 4. The van der Waals surface area contributed by atoms with E-state index in [1.165, 1.54) is 5.56 Å². The second-order valence-corrected chi connectivity index (χ2v) is 9.06. The summed E-state index contributed by atoms with van der Waals surface area (Å²) in [5, 5.41) is 1.78. The minimum absolute atomic E-state index is 0.531. The van der Waals surface area contributed by atoms with Gasteiger partial charge in [0.1, 0.15) is 0 Å². The third-order valence-corrected chi connectivity index (χ3v) is 6.55.